The van der Waals surface area contributed by atoms with E-state index in [9.17, 15) is 13.2 Å². The van der Waals surface area contributed by atoms with Gasteiger partial charge in [0.25, 0.3) is 15.9 Å². The minimum atomic E-state index is -3.77. The number of carbonyl (C=O) groups excluding carboxylic acids is 1. The first-order valence-corrected chi connectivity index (χ1v) is 11.2. The lowest BCUT2D eigenvalue weighted by atomic mass is 10.2. The third-order valence-electron chi connectivity index (χ3n) is 4.20. The van der Waals surface area contributed by atoms with E-state index in [0.29, 0.717) is 28.8 Å². The second-order valence-corrected chi connectivity index (χ2v) is 8.50. The Labute approximate surface area is 186 Å². The molecule has 0 aliphatic rings. The molecule has 0 saturated heterocycles. The molecule has 1 amide bonds. The summed E-state index contributed by atoms with van der Waals surface area (Å²) < 4.78 is 38.1. The molecule has 0 saturated carbocycles. The van der Waals surface area contributed by atoms with Crippen LogP contribution < -0.4 is 14.8 Å². The van der Waals surface area contributed by atoms with E-state index >= 15 is 0 Å². The minimum Gasteiger partial charge on any atom is -0.487 e. The molecule has 0 atom stereocenters. The number of rotatable bonds is 9. The van der Waals surface area contributed by atoms with Crippen molar-refractivity contribution in [2.45, 2.75) is 4.90 Å². The molecule has 0 aliphatic carbocycles. The van der Waals surface area contributed by atoms with E-state index in [0.717, 1.165) is 0 Å². The predicted molar refractivity (Wildman–Crippen MR) is 120 cm³/mol. The lowest BCUT2D eigenvalue weighted by molar-refractivity contribution is 0.102. The van der Waals surface area contributed by atoms with Gasteiger partial charge in [0, 0.05) is 18.4 Å². The van der Waals surface area contributed by atoms with Gasteiger partial charge in [-0.15, -0.1) is 0 Å². The Balaban J connectivity index is 1.73. The molecule has 0 radical (unpaired) electrons. The lowest BCUT2D eigenvalue weighted by Gasteiger charge is -2.14. The standard InChI is InChI=1S/C22H21ClN2O5S/c1-29-14-15-30-21-19(23)8-5-9-20(21)24-22(26)16-10-12-18(13-11-16)31(27,28)25-17-6-3-2-4-7-17/h2-13,25H,14-15H2,1H3,(H,24,26). The van der Waals surface area contributed by atoms with Gasteiger partial charge in [-0.1, -0.05) is 35.9 Å². The Morgan fingerprint density at radius 1 is 0.935 bits per heavy atom. The first kappa shape index (κ1) is 22.6. The molecule has 0 heterocycles. The average molecular weight is 461 g/mol. The first-order valence-electron chi connectivity index (χ1n) is 9.30. The smallest absolute Gasteiger partial charge is 0.261 e. The predicted octanol–water partition coefficient (Wildman–Crippen LogP) is 4.42. The van der Waals surface area contributed by atoms with Crippen molar-refractivity contribution in [2.24, 2.45) is 0 Å². The largest absolute Gasteiger partial charge is 0.487 e. The third kappa shape index (κ3) is 5.97. The number of hydrogen-bond acceptors (Lipinski definition) is 5. The van der Waals surface area contributed by atoms with Crippen LogP contribution >= 0.6 is 11.6 Å². The van der Waals surface area contributed by atoms with Crippen LogP contribution in [0.3, 0.4) is 0 Å². The maximum atomic E-state index is 12.7. The topological polar surface area (TPSA) is 93.7 Å². The molecule has 3 aromatic rings. The van der Waals surface area contributed by atoms with Gasteiger partial charge in [0.1, 0.15) is 6.61 Å². The Morgan fingerprint density at radius 2 is 1.65 bits per heavy atom. The van der Waals surface area contributed by atoms with Crippen molar-refractivity contribution in [1.29, 1.82) is 0 Å². The highest BCUT2D eigenvalue weighted by molar-refractivity contribution is 7.92. The van der Waals surface area contributed by atoms with E-state index in [-0.39, 0.29) is 17.1 Å². The van der Waals surface area contributed by atoms with Gasteiger partial charge in [0.2, 0.25) is 0 Å². The van der Waals surface area contributed by atoms with E-state index in [2.05, 4.69) is 10.0 Å². The van der Waals surface area contributed by atoms with Crippen LogP contribution in [-0.4, -0.2) is 34.6 Å². The van der Waals surface area contributed by atoms with Gasteiger partial charge in [-0.3, -0.25) is 9.52 Å². The quantitative estimate of drug-likeness (QED) is 0.461. The second-order valence-electron chi connectivity index (χ2n) is 6.41. The summed E-state index contributed by atoms with van der Waals surface area (Å²) in [6.45, 7) is 0.635. The maximum absolute atomic E-state index is 12.7. The molecule has 31 heavy (non-hydrogen) atoms. The minimum absolute atomic E-state index is 0.0410. The highest BCUT2D eigenvalue weighted by Gasteiger charge is 2.17. The molecule has 0 spiro atoms. The summed E-state index contributed by atoms with van der Waals surface area (Å²) in [6.07, 6.45) is 0. The summed E-state index contributed by atoms with van der Waals surface area (Å²) in [6, 6.07) is 19.2. The zero-order chi connectivity index (χ0) is 22.3. The van der Waals surface area contributed by atoms with Gasteiger partial charge in [-0.2, -0.15) is 0 Å². The number of ether oxygens (including phenoxy) is 2. The summed E-state index contributed by atoms with van der Waals surface area (Å²) in [4.78, 5) is 12.7. The number of hydrogen-bond donors (Lipinski definition) is 2. The van der Waals surface area contributed by atoms with E-state index in [1.165, 1.54) is 24.3 Å². The highest BCUT2D eigenvalue weighted by atomic mass is 35.5. The highest BCUT2D eigenvalue weighted by Crippen LogP contribution is 2.33. The monoisotopic (exact) mass is 460 g/mol. The average Bonchev–Trinajstić information content (AvgIpc) is 2.76. The van der Waals surface area contributed by atoms with Crippen molar-refractivity contribution in [3.63, 3.8) is 0 Å². The normalized spacial score (nSPS) is 11.0. The van der Waals surface area contributed by atoms with Crippen molar-refractivity contribution in [2.75, 3.05) is 30.4 Å². The number of benzene rings is 3. The van der Waals surface area contributed by atoms with Gasteiger partial charge in [0.05, 0.1) is 22.2 Å². The van der Waals surface area contributed by atoms with Crippen molar-refractivity contribution in [3.05, 3.63) is 83.4 Å². The molecule has 9 heteroatoms. The second kappa shape index (κ2) is 10.3. The Kier molecular flexibility index (Phi) is 7.51. The van der Waals surface area contributed by atoms with Crippen LogP contribution in [-0.2, 0) is 14.8 Å². The number of anilines is 2. The molecule has 3 aromatic carbocycles. The van der Waals surface area contributed by atoms with Crippen molar-refractivity contribution >= 4 is 38.9 Å². The summed E-state index contributed by atoms with van der Waals surface area (Å²) >= 11 is 6.18. The van der Waals surface area contributed by atoms with Crippen LogP contribution in [0.25, 0.3) is 0 Å². The molecule has 2 N–H and O–H groups in total. The van der Waals surface area contributed by atoms with Crippen LogP contribution in [0.1, 0.15) is 10.4 Å². The van der Waals surface area contributed by atoms with Crippen LogP contribution in [0.5, 0.6) is 5.75 Å². The van der Waals surface area contributed by atoms with Gasteiger partial charge in [0.15, 0.2) is 5.75 Å². The lowest BCUT2D eigenvalue weighted by Crippen LogP contribution is -2.15. The number of sulfonamides is 1. The number of para-hydroxylation sites is 2. The molecular weight excluding hydrogens is 440 g/mol. The molecule has 0 fully saturated rings. The molecule has 7 nitrogen and oxygen atoms in total. The molecule has 162 valence electrons. The summed E-state index contributed by atoms with van der Waals surface area (Å²) in [5.41, 5.74) is 1.13. The van der Waals surface area contributed by atoms with Crippen LogP contribution in [0.15, 0.2) is 77.7 Å². The SMILES string of the molecule is COCCOc1c(Cl)cccc1NC(=O)c1ccc(S(=O)(=O)Nc2ccccc2)cc1. The number of amides is 1. The number of halogens is 1. The van der Waals surface area contributed by atoms with Gasteiger partial charge in [-0.25, -0.2) is 8.42 Å². The Morgan fingerprint density at radius 3 is 2.32 bits per heavy atom. The number of nitrogens with one attached hydrogen (secondary N) is 2. The van der Waals surface area contributed by atoms with E-state index in [1.54, 1.807) is 55.6 Å². The van der Waals surface area contributed by atoms with E-state index < -0.39 is 15.9 Å². The fraction of sp³-hybridized carbons (Fsp3) is 0.136. The van der Waals surface area contributed by atoms with Crippen LogP contribution in [0.4, 0.5) is 11.4 Å². The summed E-state index contributed by atoms with van der Waals surface area (Å²) in [7, 11) is -2.22. The third-order valence-corrected chi connectivity index (χ3v) is 5.90. The van der Waals surface area contributed by atoms with Crippen LogP contribution in [0, 0.1) is 0 Å². The van der Waals surface area contributed by atoms with Crippen LogP contribution in [0.2, 0.25) is 5.02 Å². The zero-order valence-corrected chi connectivity index (χ0v) is 18.2. The zero-order valence-electron chi connectivity index (χ0n) is 16.7. The van der Waals surface area contributed by atoms with Gasteiger partial charge < -0.3 is 14.8 Å². The molecule has 0 unspecified atom stereocenters. The van der Waals surface area contributed by atoms with Crippen molar-refractivity contribution < 1.29 is 22.7 Å². The van der Waals surface area contributed by atoms with E-state index in [1.807, 2.05) is 0 Å². The van der Waals surface area contributed by atoms with Crippen molar-refractivity contribution in [1.82, 2.24) is 0 Å². The number of carbonyl (C=O) groups is 1. The van der Waals surface area contributed by atoms with Crippen molar-refractivity contribution in [3.8, 4) is 5.75 Å². The molecule has 3 rings (SSSR count). The molecule has 0 aromatic heterocycles. The molecule has 0 aliphatic heterocycles. The van der Waals surface area contributed by atoms with Gasteiger partial charge in [-0.05, 0) is 48.5 Å². The fourth-order valence-corrected chi connectivity index (χ4v) is 3.97. The number of methoxy groups -OCH3 is 1. The molecule has 0 bridgehead atoms. The maximum Gasteiger partial charge on any atom is 0.261 e. The van der Waals surface area contributed by atoms with E-state index in [4.69, 9.17) is 21.1 Å². The molecular formula is C22H21ClN2O5S. The summed E-state index contributed by atoms with van der Waals surface area (Å²) in [5, 5.41) is 3.09. The Bertz CT molecular complexity index is 1140. The fourth-order valence-electron chi connectivity index (χ4n) is 2.68. The first-order chi connectivity index (χ1) is 14.9. The van der Waals surface area contributed by atoms with Gasteiger partial charge >= 0.3 is 0 Å². The summed E-state index contributed by atoms with van der Waals surface area (Å²) in [5.74, 6) is -0.0975. The Hall–Kier alpha value is -3.07.